The number of anilines is 1. The summed E-state index contributed by atoms with van der Waals surface area (Å²) >= 11 is 0. The first-order chi connectivity index (χ1) is 10.7. The maximum Gasteiger partial charge on any atom is 0.151 e. The van der Waals surface area contributed by atoms with Crippen LogP contribution in [-0.4, -0.2) is 33.3 Å². The fraction of sp³-hybridized carbons (Fsp3) is 0.529. The van der Waals surface area contributed by atoms with Crippen LogP contribution in [0.15, 0.2) is 18.3 Å². The normalized spacial score (nSPS) is 23.8. The number of nitrogens with zero attached hydrogens (tertiary/aromatic N) is 5. The molecule has 3 heterocycles. The largest absolute Gasteiger partial charge is 0.354 e. The van der Waals surface area contributed by atoms with Gasteiger partial charge in [-0.25, -0.2) is 9.97 Å². The molecule has 4 rings (SSSR count). The highest BCUT2D eigenvalue weighted by molar-refractivity contribution is 5.43. The first-order valence-corrected chi connectivity index (χ1v) is 8.05. The first kappa shape index (κ1) is 13.6. The number of fused-ring (bicyclic) bond motifs is 2. The van der Waals surface area contributed by atoms with Crippen molar-refractivity contribution in [1.29, 1.82) is 0 Å². The molecule has 2 aliphatic rings. The van der Waals surface area contributed by atoms with Crippen LogP contribution >= 0.6 is 0 Å². The number of piperidine rings is 1. The monoisotopic (exact) mass is 295 g/mol. The molecule has 1 saturated heterocycles. The molecule has 2 aromatic rings. The molecule has 0 saturated carbocycles. The van der Waals surface area contributed by atoms with E-state index in [2.05, 4.69) is 26.1 Å². The Hall–Kier alpha value is -2.04. The van der Waals surface area contributed by atoms with Crippen LogP contribution < -0.4 is 4.90 Å². The Morgan fingerprint density at radius 1 is 1.14 bits per heavy atom. The molecule has 5 nitrogen and oxygen atoms in total. The van der Waals surface area contributed by atoms with Gasteiger partial charge in [-0.05, 0) is 57.2 Å². The van der Waals surface area contributed by atoms with Gasteiger partial charge in [-0.1, -0.05) is 0 Å². The van der Waals surface area contributed by atoms with Crippen molar-refractivity contribution >= 4 is 5.82 Å². The molecule has 1 unspecified atom stereocenters. The molecule has 0 amide bonds. The molecular weight excluding hydrogens is 274 g/mol. The molecule has 0 N–H and O–H groups in total. The number of rotatable bonds is 1. The minimum absolute atomic E-state index is 0.174. The lowest BCUT2D eigenvalue weighted by Gasteiger charge is -2.41. The Balaban J connectivity index is 1.67. The second-order valence-electron chi connectivity index (χ2n) is 6.63. The van der Waals surface area contributed by atoms with Crippen LogP contribution in [0.1, 0.15) is 42.0 Å². The molecule has 1 aliphatic heterocycles. The van der Waals surface area contributed by atoms with Gasteiger partial charge in [-0.2, -0.15) is 5.10 Å². The summed E-state index contributed by atoms with van der Waals surface area (Å²) in [5.74, 6) is 1.87. The molecule has 1 fully saturated rings. The third-order valence-corrected chi connectivity index (χ3v) is 5.04. The average Bonchev–Trinajstić information content (AvgIpc) is 2.86. The van der Waals surface area contributed by atoms with Crippen molar-refractivity contribution in [3.8, 4) is 0 Å². The van der Waals surface area contributed by atoms with E-state index in [4.69, 9.17) is 4.98 Å². The van der Waals surface area contributed by atoms with Gasteiger partial charge in [0.2, 0.25) is 0 Å². The van der Waals surface area contributed by atoms with Crippen LogP contribution in [0.4, 0.5) is 5.82 Å². The van der Waals surface area contributed by atoms with Crippen molar-refractivity contribution in [2.24, 2.45) is 0 Å². The minimum atomic E-state index is 0.174. The summed E-state index contributed by atoms with van der Waals surface area (Å²) in [5.41, 5.74) is 3.76. The van der Waals surface area contributed by atoms with Gasteiger partial charge in [-0.3, -0.25) is 0 Å². The molecule has 114 valence electrons. The van der Waals surface area contributed by atoms with Crippen molar-refractivity contribution in [3.05, 3.63) is 41.1 Å². The Kier molecular flexibility index (Phi) is 3.10. The fourth-order valence-electron chi connectivity index (χ4n) is 3.91. The van der Waals surface area contributed by atoms with Crippen molar-refractivity contribution < 1.29 is 0 Å². The molecule has 2 aromatic heterocycles. The third kappa shape index (κ3) is 2.16. The lowest BCUT2D eigenvalue weighted by Crippen LogP contribution is -2.46. The number of hydrogen-bond acceptors (Lipinski definition) is 5. The second kappa shape index (κ2) is 5.00. The maximum atomic E-state index is 4.80. The van der Waals surface area contributed by atoms with Gasteiger partial charge in [0.25, 0.3) is 0 Å². The predicted molar refractivity (Wildman–Crippen MR) is 85.0 cm³/mol. The number of hydrogen-bond donors (Lipinski definition) is 0. The number of aryl methyl sites for hydroxylation is 3. The topological polar surface area (TPSA) is 54.8 Å². The van der Waals surface area contributed by atoms with Gasteiger partial charge in [0.1, 0.15) is 5.82 Å². The predicted octanol–water partition coefficient (Wildman–Crippen LogP) is 2.37. The minimum Gasteiger partial charge on any atom is -0.354 e. The first-order valence-electron chi connectivity index (χ1n) is 8.05. The van der Waals surface area contributed by atoms with E-state index >= 15 is 0 Å². The molecule has 1 atom stereocenters. The quantitative estimate of drug-likeness (QED) is 0.808. The van der Waals surface area contributed by atoms with Crippen molar-refractivity contribution in [1.82, 2.24) is 20.2 Å². The van der Waals surface area contributed by atoms with Crippen LogP contribution in [0.5, 0.6) is 0 Å². The SMILES string of the molecule is Cc1ccc(N2CCCC3(CCc4cnc(C)nc43)C2)nn1. The molecule has 22 heavy (non-hydrogen) atoms. The molecule has 0 aromatic carbocycles. The highest BCUT2D eigenvalue weighted by atomic mass is 15.3. The van der Waals surface area contributed by atoms with Gasteiger partial charge in [0.05, 0.1) is 11.4 Å². The van der Waals surface area contributed by atoms with E-state index in [0.717, 1.165) is 36.8 Å². The Morgan fingerprint density at radius 3 is 2.86 bits per heavy atom. The summed E-state index contributed by atoms with van der Waals surface area (Å²) < 4.78 is 0. The molecule has 0 radical (unpaired) electrons. The van der Waals surface area contributed by atoms with Gasteiger partial charge in [0, 0.05) is 24.7 Å². The summed E-state index contributed by atoms with van der Waals surface area (Å²) in [5, 5.41) is 8.58. The zero-order valence-corrected chi connectivity index (χ0v) is 13.2. The highest BCUT2D eigenvalue weighted by Gasteiger charge is 2.43. The van der Waals surface area contributed by atoms with Gasteiger partial charge in [0.15, 0.2) is 5.82 Å². The van der Waals surface area contributed by atoms with Gasteiger partial charge >= 0.3 is 0 Å². The Morgan fingerprint density at radius 2 is 2.05 bits per heavy atom. The Labute approximate surface area is 130 Å². The molecule has 0 bridgehead atoms. The van der Waals surface area contributed by atoms with Crippen molar-refractivity contribution in [2.45, 2.75) is 44.9 Å². The van der Waals surface area contributed by atoms with Gasteiger partial charge < -0.3 is 4.90 Å². The smallest absolute Gasteiger partial charge is 0.151 e. The summed E-state index contributed by atoms with van der Waals surface area (Å²) in [7, 11) is 0. The van der Waals surface area contributed by atoms with Crippen molar-refractivity contribution in [3.63, 3.8) is 0 Å². The van der Waals surface area contributed by atoms with E-state index in [1.807, 2.05) is 26.1 Å². The van der Waals surface area contributed by atoms with Crippen LogP contribution in [0.3, 0.4) is 0 Å². The van der Waals surface area contributed by atoms with E-state index in [9.17, 15) is 0 Å². The standard InChI is InChI=1S/C17H21N5/c1-12-4-5-15(21-20-12)22-9-3-7-17(11-22)8-6-14-10-18-13(2)19-16(14)17/h4-5,10H,3,6-9,11H2,1-2H3. The summed E-state index contributed by atoms with van der Waals surface area (Å²) in [6.07, 6.45) is 6.70. The number of aromatic nitrogens is 4. The fourth-order valence-corrected chi connectivity index (χ4v) is 3.91. The van der Waals surface area contributed by atoms with E-state index in [1.54, 1.807) is 0 Å². The van der Waals surface area contributed by atoms with Crippen LogP contribution in [-0.2, 0) is 11.8 Å². The lowest BCUT2D eigenvalue weighted by atomic mass is 9.77. The Bertz CT molecular complexity index is 693. The maximum absolute atomic E-state index is 4.80. The van der Waals surface area contributed by atoms with E-state index in [-0.39, 0.29) is 5.41 Å². The molecule has 1 spiro atoms. The van der Waals surface area contributed by atoms with E-state index in [1.165, 1.54) is 30.5 Å². The zero-order valence-electron chi connectivity index (χ0n) is 13.2. The summed E-state index contributed by atoms with van der Waals surface area (Å²) in [4.78, 5) is 11.5. The summed E-state index contributed by atoms with van der Waals surface area (Å²) in [6.45, 7) is 6.01. The molecule has 5 heteroatoms. The van der Waals surface area contributed by atoms with Crippen LogP contribution in [0.2, 0.25) is 0 Å². The van der Waals surface area contributed by atoms with E-state index in [0.29, 0.717) is 0 Å². The van der Waals surface area contributed by atoms with E-state index < -0.39 is 0 Å². The van der Waals surface area contributed by atoms with Crippen molar-refractivity contribution in [2.75, 3.05) is 18.0 Å². The zero-order chi connectivity index (χ0) is 15.2. The second-order valence-corrected chi connectivity index (χ2v) is 6.63. The third-order valence-electron chi connectivity index (χ3n) is 5.04. The molecular formula is C17H21N5. The van der Waals surface area contributed by atoms with Crippen LogP contribution in [0, 0.1) is 13.8 Å². The average molecular weight is 295 g/mol. The highest BCUT2D eigenvalue weighted by Crippen LogP contribution is 2.44. The molecule has 1 aliphatic carbocycles. The van der Waals surface area contributed by atoms with Gasteiger partial charge in [-0.15, -0.1) is 5.10 Å². The lowest BCUT2D eigenvalue weighted by molar-refractivity contribution is 0.332. The van der Waals surface area contributed by atoms with Crippen LogP contribution in [0.25, 0.3) is 0 Å². The summed E-state index contributed by atoms with van der Waals surface area (Å²) in [6, 6.07) is 4.13.